The highest BCUT2D eigenvalue weighted by Crippen LogP contribution is 2.54. The first-order chi connectivity index (χ1) is 10.0. The van der Waals surface area contributed by atoms with Gasteiger partial charge in [-0.25, -0.2) is 9.78 Å². The SMILES string of the molecule is O=C(O)COC1(c2nc(Br)cs2)CCC2(CCCNC2)C1. The Kier molecular flexibility index (Phi) is 4.36. The Bertz CT molecular complexity index is 530. The number of thiazole rings is 1. The van der Waals surface area contributed by atoms with E-state index >= 15 is 0 Å². The summed E-state index contributed by atoms with van der Waals surface area (Å²) in [4.78, 5) is 15.5. The Morgan fingerprint density at radius 3 is 3.00 bits per heavy atom. The predicted octanol–water partition coefficient (Wildman–Crippen LogP) is 2.76. The lowest BCUT2D eigenvalue weighted by atomic mass is 9.78. The van der Waals surface area contributed by atoms with E-state index in [1.165, 1.54) is 12.8 Å². The predicted molar refractivity (Wildman–Crippen MR) is 83.5 cm³/mol. The fraction of sp³-hybridized carbons (Fsp3) is 0.714. The first-order valence-electron chi connectivity index (χ1n) is 7.22. The molecular weight excluding hydrogens is 356 g/mol. The van der Waals surface area contributed by atoms with Crippen LogP contribution in [0.15, 0.2) is 9.98 Å². The van der Waals surface area contributed by atoms with E-state index in [1.807, 2.05) is 5.38 Å². The maximum Gasteiger partial charge on any atom is 0.329 e. The van der Waals surface area contributed by atoms with Crippen molar-refractivity contribution in [2.75, 3.05) is 19.7 Å². The van der Waals surface area contributed by atoms with Gasteiger partial charge in [0.05, 0.1) is 0 Å². The molecule has 7 heteroatoms. The number of carbonyl (C=O) groups is 1. The summed E-state index contributed by atoms with van der Waals surface area (Å²) in [6.45, 7) is 1.81. The van der Waals surface area contributed by atoms with Gasteiger partial charge in [-0.2, -0.15) is 0 Å². The van der Waals surface area contributed by atoms with Gasteiger partial charge < -0.3 is 15.2 Å². The van der Waals surface area contributed by atoms with E-state index in [0.717, 1.165) is 42.0 Å². The van der Waals surface area contributed by atoms with Crippen molar-refractivity contribution in [3.8, 4) is 0 Å². The van der Waals surface area contributed by atoms with Crippen LogP contribution in [0.3, 0.4) is 0 Å². The summed E-state index contributed by atoms with van der Waals surface area (Å²) in [5.41, 5.74) is -0.303. The highest BCUT2D eigenvalue weighted by molar-refractivity contribution is 9.10. The lowest BCUT2D eigenvalue weighted by molar-refractivity contribution is -0.151. The minimum atomic E-state index is -0.923. The normalized spacial score (nSPS) is 32.6. The van der Waals surface area contributed by atoms with Gasteiger partial charge in [0.2, 0.25) is 0 Å². The molecule has 1 saturated carbocycles. The number of hydrogen-bond donors (Lipinski definition) is 2. The molecule has 5 nitrogen and oxygen atoms in total. The number of hydrogen-bond acceptors (Lipinski definition) is 5. The van der Waals surface area contributed by atoms with Crippen molar-refractivity contribution in [1.82, 2.24) is 10.3 Å². The maximum absolute atomic E-state index is 10.9. The molecule has 1 saturated heterocycles. The number of halogens is 1. The van der Waals surface area contributed by atoms with Gasteiger partial charge >= 0.3 is 5.97 Å². The number of aliphatic carboxylic acids is 1. The molecule has 1 aromatic heterocycles. The number of nitrogens with zero attached hydrogens (tertiary/aromatic N) is 1. The summed E-state index contributed by atoms with van der Waals surface area (Å²) in [5, 5.41) is 15.3. The molecule has 116 valence electrons. The van der Waals surface area contributed by atoms with Gasteiger partial charge in [0.25, 0.3) is 0 Å². The monoisotopic (exact) mass is 374 g/mol. The molecule has 1 aliphatic carbocycles. The van der Waals surface area contributed by atoms with E-state index < -0.39 is 11.6 Å². The zero-order valence-electron chi connectivity index (χ0n) is 11.7. The second-order valence-corrected chi connectivity index (χ2v) is 7.78. The average Bonchev–Trinajstić information content (AvgIpc) is 3.04. The molecule has 2 unspecified atom stereocenters. The molecule has 1 aliphatic heterocycles. The summed E-state index contributed by atoms with van der Waals surface area (Å²) in [6, 6.07) is 0. The van der Waals surface area contributed by atoms with Gasteiger partial charge in [-0.1, -0.05) is 0 Å². The lowest BCUT2D eigenvalue weighted by Gasteiger charge is -2.36. The molecule has 0 radical (unpaired) electrons. The van der Waals surface area contributed by atoms with Crippen LogP contribution in [0.25, 0.3) is 0 Å². The minimum absolute atomic E-state index is 0.231. The molecule has 0 amide bonds. The van der Waals surface area contributed by atoms with Gasteiger partial charge in [0.1, 0.15) is 21.8 Å². The third-order valence-electron chi connectivity index (χ3n) is 4.62. The van der Waals surface area contributed by atoms with Crippen molar-refractivity contribution in [3.05, 3.63) is 15.0 Å². The number of carboxylic acid groups (broad SMARTS) is 1. The van der Waals surface area contributed by atoms with Crippen LogP contribution in [0.1, 0.15) is 37.1 Å². The fourth-order valence-corrected chi connectivity index (χ4v) is 5.11. The molecule has 2 aliphatic rings. The number of piperidine rings is 1. The summed E-state index contributed by atoms with van der Waals surface area (Å²) in [5.74, 6) is -0.923. The molecule has 1 aromatic rings. The lowest BCUT2D eigenvalue weighted by Crippen LogP contribution is -2.40. The van der Waals surface area contributed by atoms with Gasteiger partial charge in [-0.3, -0.25) is 0 Å². The molecule has 2 heterocycles. The van der Waals surface area contributed by atoms with Crippen molar-refractivity contribution < 1.29 is 14.6 Å². The Morgan fingerprint density at radius 1 is 1.52 bits per heavy atom. The van der Waals surface area contributed by atoms with Crippen molar-refractivity contribution >= 4 is 33.2 Å². The topological polar surface area (TPSA) is 71.5 Å². The second-order valence-electron chi connectivity index (χ2n) is 6.11. The van der Waals surface area contributed by atoms with Crippen LogP contribution in [0, 0.1) is 5.41 Å². The Balaban J connectivity index is 1.85. The van der Waals surface area contributed by atoms with Crippen LogP contribution in [-0.2, 0) is 15.1 Å². The van der Waals surface area contributed by atoms with E-state index in [4.69, 9.17) is 9.84 Å². The summed E-state index contributed by atoms with van der Waals surface area (Å²) >= 11 is 4.93. The maximum atomic E-state index is 10.9. The number of aromatic nitrogens is 1. The third kappa shape index (κ3) is 3.16. The Labute approximate surface area is 136 Å². The van der Waals surface area contributed by atoms with Crippen LogP contribution in [0.5, 0.6) is 0 Å². The van der Waals surface area contributed by atoms with E-state index in [9.17, 15) is 4.79 Å². The van der Waals surface area contributed by atoms with Crippen molar-refractivity contribution in [1.29, 1.82) is 0 Å². The molecule has 3 rings (SSSR count). The second kappa shape index (κ2) is 5.95. The number of rotatable bonds is 4. The van der Waals surface area contributed by atoms with Crippen molar-refractivity contribution in [2.24, 2.45) is 5.41 Å². The Hall–Kier alpha value is -0.500. The van der Waals surface area contributed by atoms with Crippen LogP contribution >= 0.6 is 27.3 Å². The van der Waals surface area contributed by atoms with Crippen LogP contribution in [0.2, 0.25) is 0 Å². The number of carboxylic acids is 1. The standard InChI is InChI=1S/C14H19BrN2O3S/c15-10-7-21-12(17-10)14(20-6-11(18)19)4-3-13(8-14)2-1-5-16-9-13/h7,16H,1-6,8-9H2,(H,18,19). The van der Waals surface area contributed by atoms with Crippen LogP contribution < -0.4 is 5.32 Å². The highest BCUT2D eigenvalue weighted by Gasteiger charge is 2.52. The molecule has 21 heavy (non-hydrogen) atoms. The largest absolute Gasteiger partial charge is 0.480 e. The molecule has 2 fully saturated rings. The van der Waals surface area contributed by atoms with E-state index in [2.05, 4.69) is 26.2 Å². The summed E-state index contributed by atoms with van der Waals surface area (Å²) < 4.78 is 6.67. The summed E-state index contributed by atoms with van der Waals surface area (Å²) in [6.07, 6.45) is 5.14. The molecule has 2 atom stereocenters. The molecule has 1 spiro atoms. The molecular formula is C14H19BrN2O3S. The van der Waals surface area contributed by atoms with E-state index in [-0.39, 0.29) is 12.0 Å². The number of ether oxygens (including phenoxy) is 1. The number of nitrogens with one attached hydrogen (secondary N) is 1. The zero-order valence-corrected chi connectivity index (χ0v) is 14.1. The van der Waals surface area contributed by atoms with Gasteiger partial charge in [-0.05, 0) is 60.0 Å². The fourth-order valence-electron chi connectivity index (χ4n) is 3.68. The van der Waals surface area contributed by atoms with Gasteiger partial charge in [0, 0.05) is 11.9 Å². The molecule has 0 bridgehead atoms. The molecule has 2 N–H and O–H groups in total. The van der Waals surface area contributed by atoms with Crippen LogP contribution in [0.4, 0.5) is 0 Å². The molecule has 0 aromatic carbocycles. The Morgan fingerprint density at radius 2 is 2.38 bits per heavy atom. The summed E-state index contributed by atoms with van der Waals surface area (Å²) in [7, 11) is 0. The van der Waals surface area contributed by atoms with Gasteiger partial charge in [0.15, 0.2) is 0 Å². The van der Waals surface area contributed by atoms with Crippen molar-refractivity contribution in [3.63, 3.8) is 0 Å². The van der Waals surface area contributed by atoms with E-state index in [0.29, 0.717) is 0 Å². The highest BCUT2D eigenvalue weighted by atomic mass is 79.9. The van der Waals surface area contributed by atoms with Crippen molar-refractivity contribution in [2.45, 2.75) is 37.7 Å². The van der Waals surface area contributed by atoms with E-state index in [1.54, 1.807) is 11.3 Å². The van der Waals surface area contributed by atoms with Gasteiger partial charge in [-0.15, -0.1) is 11.3 Å². The third-order valence-corrected chi connectivity index (χ3v) is 6.36. The average molecular weight is 375 g/mol. The first-order valence-corrected chi connectivity index (χ1v) is 8.89. The zero-order chi connectivity index (χ0) is 14.9. The smallest absolute Gasteiger partial charge is 0.329 e. The van der Waals surface area contributed by atoms with Crippen LogP contribution in [-0.4, -0.2) is 35.8 Å². The first kappa shape index (κ1) is 15.4. The quantitative estimate of drug-likeness (QED) is 0.847. The minimum Gasteiger partial charge on any atom is -0.480 e.